The van der Waals surface area contributed by atoms with Crippen LogP contribution < -0.4 is 15.8 Å². The van der Waals surface area contributed by atoms with Crippen molar-refractivity contribution in [3.63, 3.8) is 0 Å². The highest BCUT2D eigenvalue weighted by Crippen LogP contribution is 2.21. The lowest BCUT2D eigenvalue weighted by Gasteiger charge is -2.32. The highest BCUT2D eigenvalue weighted by atomic mass is 16.2. The van der Waals surface area contributed by atoms with Crippen LogP contribution in [0.25, 0.3) is 11.2 Å². The first-order chi connectivity index (χ1) is 14.1. The molecule has 0 bridgehead atoms. The fraction of sp³-hybridized carbons (Fsp3) is 0.619. The Morgan fingerprint density at radius 1 is 1.21 bits per heavy atom. The molecule has 2 aliphatic heterocycles. The standard InChI is InChI=1S/C21H30N6O2/c1-25-18-17(6-4-9-22-18)24-19(21(25)29)27-14-7-16(8-15-27)20(28)23-10-5-13-26-11-2-3-12-26/h4,6,9,16H,2-3,5,7-8,10-15H2,1H3,(H,23,28). The predicted octanol–water partition coefficient (Wildman–Crippen LogP) is 1.15. The second-order valence-corrected chi connectivity index (χ2v) is 8.10. The lowest BCUT2D eigenvalue weighted by molar-refractivity contribution is -0.125. The predicted molar refractivity (Wildman–Crippen MR) is 113 cm³/mol. The van der Waals surface area contributed by atoms with Crippen LogP contribution in [0.4, 0.5) is 5.82 Å². The lowest BCUT2D eigenvalue weighted by atomic mass is 9.96. The molecule has 2 aliphatic rings. The summed E-state index contributed by atoms with van der Waals surface area (Å²) >= 11 is 0. The Morgan fingerprint density at radius 3 is 2.72 bits per heavy atom. The van der Waals surface area contributed by atoms with Crippen LogP contribution in [0.5, 0.6) is 0 Å². The molecule has 1 N–H and O–H groups in total. The highest BCUT2D eigenvalue weighted by Gasteiger charge is 2.27. The Hall–Kier alpha value is -2.48. The molecule has 0 atom stereocenters. The molecule has 2 fully saturated rings. The maximum atomic E-state index is 12.7. The van der Waals surface area contributed by atoms with E-state index in [-0.39, 0.29) is 17.4 Å². The van der Waals surface area contributed by atoms with E-state index in [1.165, 1.54) is 25.9 Å². The fourth-order valence-electron chi connectivity index (χ4n) is 4.37. The summed E-state index contributed by atoms with van der Waals surface area (Å²) in [6.45, 7) is 5.55. The molecule has 2 aromatic heterocycles. The van der Waals surface area contributed by atoms with E-state index in [4.69, 9.17) is 0 Å². The minimum absolute atomic E-state index is 0.0176. The van der Waals surface area contributed by atoms with Gasteiger partial charge in [-0.3, -0.25) is 14.2 Å². The van der Waals surface area contributed by atoms with Crippen molar-refractivity contribution in [3.05, 3.63) is 28.7 Å². The number of amides is 1. The third-order valence-electron chi connectivity index (χ3n) is 6.12. The molecular weight excluding hydrogens is 368 g/mol. The van der Waals surface area contributed by atoms with E-state index >= 15 is 0 Å². The maximum absolute atomic E-state index is 12.7. The molecule has 0 saturated carbocycles. The van der Waals surface area contributed by atoms with Crippen LogP contribution in [0.2, 0.25) is 0 Å². The number of rotatable bonds is 6. The van der Waals surface area contributed by atoms with E-state index in [0.29, 0.717) is 30.1 Å². The molecule has 8 nitrogen and oxygen atoms in total. The number of piperidine rings is 1. The molecule has 1 amide bonds. The van der Waals surface area contributed by atoms with E-state index < -0.39 is 0 Å². The van der Waals surface area contributed by atoms with Gasteiger partial charge in [0.1, 0.15) is 5.52 Å². The van der Waals surface area contributed by atoms with Gasteiger partial charge in [0.05, 0.1) is 0 Å². The number of anilines is 1. The van der Waals surface area contributed by atoms with Crippen LogP contribution >= 0.6 is 0 Å². The van der Waals surface area contributed by atoms with Gasteiger partial charge in [-0.2, -0.15) is 0 Å². The summed E-state index contributed by atoms with van der Waals surface area (Å²) in [5.41, 5.74) is 1.16. The first kappa shape index (κ1) is 19.8. The Balaban J connectivity index is 1.30. The van der Waals surface area contributed by atoms with Gasteiger partial charge < -0.3 is 15.1 Å². The zero-order valence-corrected chi connectivity index (χ0v) is 17.1. The SMILES string of the molecule is Cn1c(=O)c(N2CCC(C(=O)NCCCN3CCCC3)CC2)nc2cccnc21. The molecule has 8 heteroatoms. The number of fused-ring (bicyclic) bond motifs is 1. The smallest absolute Gasteiger partial charge is 0.294 e. The molecule has 0 radical (unpaired) electrons. The Morgan fingerprint density at radius 2 is 1.97 bits per heavy atom. The highest BCUT2D eigenvalue weighted by molar-refractivity contribution is 5.79. The van der Waals surface area contributed by atoms with Crippen LogP contribution in [-0.4, -0.2) is 64.6 Å². The molecule has 2 aromatic rings. The van der Waals surface area contributed by atoms with Crippen molar-refractivity contribution < 1.29 is 4.79 Å². The van der Waals surface area contributed by atoms with Crippen molar-refractivity contribution in [2.24, 2.45) is 13.0 Å². The summed E-state index contributed by atoms with van der Waals surface area (Å²) in [4.78, 5) is 38.5. The van der Waals surface area contributed by atoms with Gasteiger partial charge in [0, 0.05) is 38.8 Å². The molecular formula is C21H30N6O2. The summed E-state index contributed by atoms with van der Waals surface area (Å²) in [6.07, 6.45) is 6.77. The van der Waals surface area contributed by atoms with E-state index in [1.807, 2.05) is 17.0 Å². The first-order valence-electron chi connectivity index (χ1n) is 10.7. The minimum Gasteiger partial charge on any atom is -0.356 e. The van der Waals surface area contributed by atoms with Gasteiger partial charge in [0.15, 0.2) is 11.5 Å². The fourth-order valence-corrected chi connectivity index (χ4v) is 4.37. The van der Waals surface area contributed by atoms with Gasteiger partial charge in [0.25, 0.3) is 5.56 Å². The zero-order chi connectivity index (χ0) is 20.2. The van der Waals surface area contributed by atoms with E-state index in [1.54, 1.807) is 17.8 Å². The van der Waals surface area contributed by atoms with E-state index in [9.17, 15) is 9.59 Å². The summed E-state index contributed by atoms with van der Waals surface area (Å²) in [6, 6.07) is 3.69. The number of carbonyl (C=O) groups excluding carboxylic acids is 1. The van der Waals surface area contributed by atoms with Crippen molar-refractivity contribution in [1.82, 2.24) is 24.8 Å². The van der Waals surface area contributed by atoms with Crippen LogP contribution in [0.3, 0.4) is 0 Å². The average molecular weight is 399 g/mol. The monoisotopic (exact) mass is 398 g/mol. The van der Waals surface area contributed by atoms with Crippen molar-refractivity contribution in [1.29, 1.82) is 0 Å². The molecule has 156 valence electrons. The summed E-state index contributed by atoms with van der Waals surface area (Å²) in [5.74, 6) is 0.621. The number of pyridine rings is 1. The number of carbonyl (C=O) groups is 1. The van der Waals surface area contributed by atoms with Gasteiger partial charge in [-0.25, -0.2) is 9.97 Å². The van der Waals surface area contributed by atoms with Crippen LogP contribution in [0.15, 0.2) is 23.1 Å². The van der Waals surface area contributed by atoms with Gasteiger partial charge in [-0.05, 0) is 63.9 Å². The molecule has 2 saturated heterocycles. The third-order valence-corrected chi connectivity index (χ3v) is 6.12. The summed E-state index contributed by atoms with van der Waals surface area (Å²) in [7, 11) is 1.73. The summed E-state index contributed by atoms with van der Waals surface area (Å²) < 4.78 is 1.55. The number of aromatic nitrogens is 3. The minimum atomic E-state index is -0.138. The van der Waals surface area contributed by atoms with Crippen LogP contribution in [-0.2, 0) is 11.8 Å². The Bertz CT molecular complexity index is 913. The molecule has 4 heterocycles. The van der Waals surface area contributed by atoms with Crippen molar-refractivity contribution in [2.45, 2.75) is 32.1 Å². The number of hydrogen-bond acceptors (Lipinski definition) is 6. The molecule has 29 heavy (non-hydrogen) atoms. The van der Waals surface area contributed by atoms with E-state index in [0.717, 1.165) is 32.4 Å². The number of nitrogens with one attached hydrogen (secondary N) is 1. The second-order valence-electron chi connectivity index (χ2n) is 8.10. The van der Waals surface area contributed by atoms with Gasteiger partial charge in [-0.1, -0.05) is 0 Å². The zero-order valence-electron chi connectivity index (χ0n) is 17.1. The Kier molecular flexibility index (Phi) is 6.08. The van der Waals surface area contributed by atoms with E-state index in [2.05, 4.69) is 20.2 Å². The first-order valence-corrected chi connectivity index (χ1v) is 10.7. The van der Waals surface area contributed by atoms with Crippen molar-refractivity contribution in [3.8, 4) is 0 Å². The van der Waals surface area contributed by atoms with Gasteiger partial charge >= 0.3 is 0 Å². The van der Waals surface area contributed by atoms with Crippen molar-refractivity contribution >= 4 is 22.9 Å². The van der Waals surface area contributed by atoms with Crippen LogP contribution in [0.1, 0.15) is 32.1 Å². The molecule has 0 spiro atoms. The number of hydrogen-bond donors (Lipinski definition) is 1. The number of likely N-dealkylation sites (tertiary alicyclic amines) is 1. The Labute approximate surface area is 170 Å². The molecule has 0 unspecified atom stereocenters. The lowest BCUT2D eigenvalue weighted by Crippen LogP contribution is -2.43. The van der Waals surface area contributed by atoms with Crippen LogP contribution in [0, 0.1) is 5.92 Å². The topological polar surface area (TPSA) is 83.4 Å². The molecule has 0 aromatic carbocycles. The maximum Gasteiger partial charge on any atom is 0.294 e. The average Bonchev–Trinajstić information content (AvgIpc) is 3.27. The molecule has 0 aliphatic carbocycles. The number of nitrogens with zero attached hydrogens (tertiary/aromatic N) is 5. The van der Waals surface area contributed by atoms with Gasteiger partial charge in [0.2, 0.25) is 5.91 Å². The molecule has 4 rings (SSSR count). The third kappa shape index (κ3) is 4.42. The second kappa shape index (κ2) is 8.90. The normalized spacial score (nSPS) is 18.4. The van der Waals surface area contributed by atoms with Gasteiger partial charge in [-0.15, -0.1) is 0 Å². The quantitative estimate of drug-likeness (QED) is 0.735. The largest absolute Gasteiger partial charge is 0.356 e. The number of aryl methyl sites for hydroxylation is 1. The van der Waals surface area contributed by atoms with Crippen molar-refractivity contribution in [2.75, 3.05) is 44.2 Å². The summed E-state index contributed by atoms with van der Waals surface area (Å²) in [5, 5.41) is 3.10.